The number of anilines is 6. The summed E-state index contributed by atoms with van der Waals surface area (Å²) in [5.41, 5.74) is 15.6. The first-order chi connectivity index (χ1) is 27.4. The Labute approximate surface area is 334 Å². The lowest BCUT2D eigenvalue weighted by Gasteiger charge is -2.32. The Balaban J connectivity index is 1.33. The van der Waals surface area contributed by atoms with Crippen LogP contribution in [0.5, 0.6) is 0 Å². The maximum Gasteiger partial charge on any atom is 0.0468 e. The van der Waals surface area contributed by atoms with Gasteiger partial charge in [0.15, 0.2) is 0 Å². The van der Waals surface area contributed by atoms with E-state index in [0.717, 1.165) is 0 Å². The van der Waals surface area contributed by atoms with Crippen LogP contribution in [0.1, 0.15) is 109 Å². The summed E-state index contributed by atoms with van der Waals surface area (Å²) in [5, 5.41) is 5.87. The number of hydrogen-bond donors (Lipinski definition) is 0. The van der Waals surface area contributed by atoms with Crippen LogP contribution in [-0.4, -0.2) is 0 Å². The van der Waals surface area contributed by atoms with Gasteiger partial charge in [-0.1, -0.05) is 99.2 Å². The largest absolute Gasteiger partial charge is 0.310 e. The molecule has 0 radical (unpaired) electrons. The molecule has 2 fully saturated rings. The smallest absolute Gasteiger partial charge is 0.0468 e. The molecule has 0 amide bonds. The van der Waals surface area contributed by atoms with Gasteiger partial charge in [-0.2, -0.15) is 0 Å². The van der Waals surface area contributed by atoms with Crippen LogP contribution in [0.15, 0.2) is 133 Å². The summed E-state index contributed by atoms with van der Waals surface area (Å²) in [6.07, 6.45) is 13.0. The number of aryl methyl sites for hydroxylation is 4. The summed E-state index contributed by atoms with van der Waals surface area (Å²) < 4.78 is 0. The van der Waals surface area contributed by atoms with Crippen molar-refractivity contribution in [1.29, 1.82) is 0 Å². The maximum absolute atomic E-state index is 2.58. The van der Waals surface area contributed by atoms with E-state index in [2.05, 4.69) is 171 Å². The third-order valence-corrected chi connectivity index (χ3v) is 12.7. The molecule has 0 saturated heterocycles. The molecule has 2 saturated carbocycles. The fraction of sp³-hybridized carbons (Fsp3) is 0.296. The molecule has 2 aliphatic rings. The van der Waals surface area contributed by atoms with Crippen molar-refractivity contribution in [3.05, 3.63) is 167 Å². The molecular formula is C54H56N2. The Hall–Kier alpha value is -5.34. The SMILES string of the molecule is Cc1cc(C)cc(N(c2ccccc2)c2ccc3c(C4CCCCC4)c4cc(N(c5ccccc5)c5cc(C)cc(C)c5)ccc4c(C4CCCCC4)c3c2)c1. The van der Waals surface area contributed by atoms with Crippen molar-refractivity contribution in [3.63, 3.8) is 0 Å². The summed E-state index contributed by atoms with van der Waals surface area (Å²) in [6, 6.07) is 50.9. The monoisotopic (exact) mass is 732 g/mol. The van der Waals surface area contributed by atoms with Gasteiger partial charge in [0.2, 0.25) is 0 Å². The van der Waals surface area contributed by atoms with Crippen LogP contribution in [-0.2, 0) is 0 Å². The number of rotatable bonds is 8. The topological polar surface area (TPSA) is 6.48 Å². The van der Waals surface area contributed by atoms with Crippen molar-refractivity contribution in [2.24, 2.45) is 0 Å². The number of para-hydroxylation sites is 2. The quantitative estimate of drug-likeness (QED) is 0.144. The molecule has 2 heteroatoms. The van der Waals surface area contributed by atoms with E-state index in [1.165, 1.54) is 142 Å². The number of hydrogen-bond acceptors (Lipinski definition) is 2. The van der Waals surface area contributed by atoms with E-state index >= 15 is 0 Å². The van der Waals surface area contributed by atoms with Gasteiger partial charge in [-0.15, -0.1) is 0 Å². The standard InChI is InChI=1S/C54H56N2/c1-37-29-38(2)32-47(31-37)55(43-21-13-7-14-22-43)45-25-27-49-51(35-45)53(41-17-9-5-10-18-41)50-28-26-46(36-52(50)54(49)42-19-11-6-12-20-42)56(44-23-15-8-16-24-44)48-33-39(3)30-40(4)34-48/h7-8,13-16,21-36,41-42H,5-6,9-12,17-20H2,1-4H3. The zero-order chi connectivity index (χ0) is 38.2. The van der Waals surface area contributed by atoms with Crippen molar-refractivity contribution < 1.29 is 0 Å². The second kappa shape index (κ2) is 15.7. The first-order valence-corrected chi connectivity index (χ1v) is 21.3. The van der Waals surface area contributed by atoms with Gasteiger partial charge < -0.3 is 9.80 Å². The molecule has 7 aromatic rings. The highest BCUT2D eigenvalue weighted by Crippen LogP contribution is 2.50. The molecule has 2 nitrogen and oxygen atoms in total. The number of nitrogens with zero attached hydrogens (tertiary/aromatic N) is 2. The molecular weight excluding hydrogens is 677 g/mol. The van der Waals surface area contributed by atoms with Gasteiger partial charge in [0.05, 0.1) is 0 Å². The molecule has 0 spiro atoms. The molecule has 0 aromatic heterocycles. The average molecular weight is 733 g/mol. The average Bonchev–Trinajstić information content (AvgIpc) is 3.21. The molecule has 0 bridgehead atoms. The van der Waals surface area contributed by atoms with Crippen LogP contribution in [0.4, 0.5) is 34.1 Å². The van der Waals surface area contributed by atoms with Gasteiger partial charge in [0.1, 0.15) is 0 Å². The first-order valence-electron chi connectivity index (χ1n) is 21.3. The molecule has 0 heterocycles. The summed E-state index contributed by atoms with van der Waals surface area (Å²) in [7, 11) is 0. The Bertz CT molecular complexity index is 2270. The molecule has 0 N–H and O–H groups in total. The summed E-state index contributed by atoms with van der Waals surface area (Å²) in [6.45, 7) is 8.88. The van der Waals surface area contributed by atoms with Crippen LogP contribution < -0.4 is 9.80 Å². The highest BCUT2D eigenvalue weighted by atomic mass is 15.1. The minimum absolute atomic E-state index is 0.547. The zero-order valence-corrected chi connectivity index (χ0v) is 33.8. The minimum atomic E-state index is 0.547. The van der Waals surface area contributed by atoms with E-state index in [1.807, 2.05) is 0 Å². The third kappa shape index (κ3) is 7.11. The summed E-state index contributed by atoms with van der Waals surface area (Å²) >= 11 is 0. The molecule has 56 heavy (non-hydrogen) atoms. The van der Waals surface area contributed by atoms with Gasteiger partial charge in [-0.3, -0.25) is 0 Å². The summed E-state index contributed by atoms with van der Waals surface area (Å²) in [4.78, 5) is 4.97. The van der Waals surface area contributed by atoms with Gasteiger partial charge >= 0.3 is 0 Å². The van der Waals surface area contributed by atoms with Crippen LogP contribution in [0.2, 0.25) is 0 Å². The van der Waals surface area contributed by atoms with Crippen LogP contribution in [0, 0.1) is 27.7 Å². The highest BCUT2D eigenvalue weighted by Gasteiger charge is 2.28. The van der Waals surface area contributed by atoms with E-state index in [1.54, 1.807) is 11.1 Å². The second-order valence-corrected chi connectivity index (χ2v) is 17.0. The maximum atomic E-state index is 2.58. The van der Waals surface area contributed by atoms with Crippen LogP contribution in [0.3, 0.4) is 0 Å². The van der Waals surface area contributed by atoms with E-state index in [4.69, 9.17) is 0 Å². The number of benzene rings is 7. The van der Waals surface area contributed by atoms with E-state index < -0.39 is 0 Å². The zero-order valence-electron chi connectivity index (χ0n) is 33.8. The van der Waals surface area contributed by atoms with E-state index in [9.17, 15) is 0 Å². The minimum Gasteiger partial charge on any atom is -0.310 e. The fourth-order valence-corrected chi connectivity index (χ4v) is 10.4. The van der Waals surface area contributed by atoms with Gasteiger partial charge in [-0.05, 0) is 193 Å². The van der Waals surface area contributed by atoms with Gasteiger partial charge in [-0.25, -0.2) is 0 Å². The van der Waals surface area contributed by atoms with Crippen molar-refractivity contribution >= 4 is 55.7 Å². The first kappa shape index (κ1) is 36.3. The van der Waals surface area contributed by atoms with E-state index in [0.29, 0.717) is 11.8 Å². The van der Waals surface area contributed by atoms with Gasteiger partial charge in [0, 0.05) is 34.1 Å². The lowest BCUT2D eigenvalue weighted by Crippen LogP contribution is -2.13. The molecule has 7 aromatic carbocycles. The molecule has 0 aliphatic heterocycles. The Kier molecular flexibility index (Phi) is 10.2. The van der Waals surface area contributed by atoms with E-state index in [-0.39, 0.29) is 0 Å². The van der Waals surface area contributed by atoms with Crippen molar-refractivity contribution in [3.8, 4) is 0 Å². The molecule has 282 valence electrons. The predicted molar refractivity (Wildman–Crippen MR) is 241 cm³/mol. The lowest BCUT2D eigenvalue weighted by atomic mass is 9.74. The summed E-state index contributed by atoms with van der Waals surface area (Å²) in [5.74, 6) is 1.09. The predicted octanol–water partition coefficient (Wildman–Crippen LogP) is 16.3. The lowest BCUT2D eigenvalue weighted by molar-refractivity contribution is 0.445. The van der Waals surface area contributed by atoms with Crippen molar-refractivity contribution in [2.75, 3.05) is 9.80 Å². The fourth-order valence-electron chi connectivity index (χ4n) is 10.4. The third-order valence-electron chi connectivity index (χ3n) is 12.7. The van der Waals surface area contributed by atoms with Gasteiger partial charge in [0.25, 0.3) is 0 Å². The molecule has 2 aliphatic carbocycles. The molecule has 9 rings (SSSR count). The normalized spacial score (nSPS) is 15.4. The molecule has 0 unspecified atom stereocenters. The van der Waals surface area contributed by atoms with Crippen LogP contribution >= 0.6 is 0 Å². The van der Waals surface area contributed by atoms with Crippen molar-refractivity contribution in [1.82, 2.24) is 0 Å². The second-order valence-electron chi connectivity index (χ2n) is 17.0. The Morgan fingerprint density at radius 2 is 0.679 bits per heavy atom. The van der Waals surface area contributed by atoms with Crippen molar-refractivity contribution in [2.45, 2.75) is 104 Å². The molecule has 0 atom stereocenters. The number of fused-ring (bicyclic) bond motifs is 2. The van der Waals surface area contributed by atoms with Crippen LogP contribution in [0.25, 0.3) is 21.5 Å². The highest BCUT2D eigenvalue weighted by molar-refractivity contribution is 6.09. The Morgan fingerprint density at radius 1 is 0.321 bits per heavy atom. The Morgan fingerprint density at radius 3 is 1.04 bits per heavy atom.